The third kappa shape index (κ3) is 1.75. The van der Waals surface area contributed by atoms with Crippen molar-refractivity contribution in [1.82, 2.24) is 5.32 Å². The summed E-state index contributed by atoms with van der Waals surface area (Å²) in [5.41, 5.74) is 1.33. The Morgan fingerprint density at radius 1 is 1.29 bits per heavy atom. The van der Waals surface area contributed by atoms with E-state index in [1.165, 1.54) is 5.69 Å². The molecule has 0 bridgehead atoms. The highest BCUT2D eigenvalue weighted by molar-refractivity contribution is 5.48. The predicted octanol–water partition coefficient (Wildman–Crippen LogP) is 2.08. The first-order valence-corrected chi connectivity index (χ1v) is 5.34. The number of hydrogen-bond acceptors (Lipinski definition) is 2. The molecule has 1 aromatic carbocycles. The number of rotatable bonds is 2. The molecule has 2 nitrogen and oxygen atoms in total. The molecule has 1 saturated heterocycles. The smallest absolute Gasteiger partial charge is 0.0820 e. The van der Waals surface area contributed by atoms with Crippen molar-refractivity contribution in [2.75, 3.05) is 18.0 Å². The summed E-state index contributed by atoms with van der Waals surface area (Å²) in [6.45, 7) is 6.74. The third-order valence-electron chi connectivity index (χ3n) is 2.76. The van der Waals surface area contributed by atoms with Crippen LogP contribution in [0, 0.1) is 5.92 Å². The number of nitrogens with one attached hydrogen (secondary N) is 1. The van der Waals surface area contributed by atoms with Crippen LogP contribution in [-0.2, 0) is 0 Å². The van der Waals surface area contributed by atoms with Crippen LogP contribution >= 0.6 is 0 Å². The fourth-order valence-electron chi connectivity index (χ4n) is 2.09. The topological polar surface area (TPSA) is 15.3 Å². The van der Waals surface area contributed by atoms with Crippen LogP contribution in [0.1, 0.15) is 13.8 Å². The largest absolute Gasteiger partial charge is 0.354 e. The molecule has 0 spiro atoms. The normalized spacial score (nSPS) is 21.9. The molecule has 1 aromatic rings. The summed E-state index contributed by atoms with van der Waals surface area (Å²) in [6.07, 6.45) is 0.498. The second-order valence-corrected chi connectivity index (χ2v) is 4.17. The number of nitrogens with zero attached hydrogens (tertiary/aromatic N) is 1. The van der Waals surface area contributed by atoms with Gasteiger partial charge in [0.1, 0.15) is 0 Å². The first kappa shape index (κ1) is 9.53. The van der Waals surface area contributed by atoms with Crippen molar-refractivity contribution in [1.29, 1.82) is 0 Å². The predicted molar refractivity (Wildman–Crippen MR) is 60.4 cm³/mol. The van der Waals surface area contributed by atoms with Crippen molar-refractivity contribution < 1.29 is 0 Å². The molecule has 2 heteroatoms. The number of benzene rings is 1. The van der Waals surface area contributed by atoms with Crippen LogP contribution in [0.5, 0.6) is 0 Å². The summed E-state index contributed by atoms with van der Waals surface area (Å²) in [6, 6.07) is 10.6. The maximum Gasteiger partial charge on any atom is 0.0820 e. The minimum atomic E-state index is 0.498. The van der Waals surface area contributed by atoms with Gasteiger partial charge in [-0.05, 0) is 18.1 Å². The first-order chi connectivity index (χ1) is 6.79. The van der Waals surface area contributed by atoms with Crippen LogP contribution in [0.4, 0.5) is 5.69 Å². The molecule has 1 heterocycles. The molecule has 0 aliphatic carbocycles. The minimum Gasteiger partial charge on any atom is -0.354 e. The van der Waals surface area contributed by atoms with Gasteiger partial charge in [0.25, 0.3) is 0 Å². The zero-order valence-corrected chi connectivity index (χ0v) is 8.90. The molecule has 0 aromatic heterocycles. The lowest BCUT2D eigenvalue weighted by Gasteiger charge is -2.29. The van der Waals surface area contributed by atoms with Crippen molar-refractivity contribution in [2.45, 2.75) is 20.0 Å². The van der Waals surface area contributed by atoms with Crippen molar-refractivity contribution >= 4 is 5.69 Å². The van der Waals surface area contributed by atoms with Crippen LogP contribution in [-0.4, -0.2) is 19.3 Å². The number of anilines is 1. The van der Waals surface area contributed by atoms with Gasteiger partial charge in [0.2, 0.25) is 0 Å². The monoisotopic (exact) mass is 190 g/mol. The summed E-state index contributed by atoms with van der Waals surface area (Å²) in [7, 11) is 0. The van der Waals surface area contributed by atoms with E-state index in [2.05, 4.69) is 54.4 Å². The maximum atomic E-state index is 3.53. The molecule has 14 heavy (non-hydrogen) atoms. The van der Waals surface area contributed by atoms with Gasteiger partial charge in [0.05, 0.1) is 6.17 Å². The molecule has 0 amide bonds. The van der Waals surface area contributed by atoms with Crippen LogP contribution in [0.2, 0.25) is 0 Å². The summed E-state index contributed by atoms with van der Waals surface area (Å²) in [4.78, 5) is 2.45. The van der Waals surface area contributed by atoms with E-state index in [0.717, 1.165) is 13.1 Å². The summed E-state index contributed by atoms with van der Waals surface area (Å²) in [5, 5.41) is 3.53. The zero-order valence-electron chi connectivity index (χ0n) is 8.90. The summed E-state index contributed by atoms with van der Waals surface area (Å²) in [5.74, 6) is 0.651. The second-order valence-electron chi connectivity index (χ2n) is 4.17. The fourth-order valence-corrected chi connectivity index (χ4v) is 2.09. The SMILES string of the molecule is CC(C)C1NCCN1c1ccccc1. The Balaban J connectivity index is 2.18. The maximum absolute atomic E-state index is 3.53. The lowest BCUT2D eigenvalue weighted by Crippen LogP contribution is -2.40. The molecular formula is C12H18N2. The van der Waals surface area contributed by atoms with Gasteiger partial charge >= 0.3 is 0 Å². The van der Waals surface area contributed by atoms with Gasteiger partial charge in [-0.2, -0.15) is 0 Å². The lowest BCUT2D eigenvalue weighted by atomic mass is 10.1. The van der Waals surface area contributed by atoms with Crippen molar-refractivity contribution in [3.8, 4) is 0 Å². The Hall–Kier alpha value is -1.02. The molecule has 2 rings (SSSR count). The molecule has 76 valence electrons. The van der Waals surface area contributed by atoms with E-state index in [4.69, 9.17) is 0 Å². The molecule has 1 fully saturated rings. The van der Waals surface area contributed by atoms with Gasteiger partial charge in [-0.15, -0.1) is 0 Å². The average molecular weight is 190 g/mol. The Bertz CT molecular complexity index is 282. The highest BCUT2D eigenvalue weighted by Crippen LogP contribution is 2.21. The van der Waals surface area contributed by atoms with E-state index >= 15 is 0 Å². The molecule has 1 atom stereocenters. The quantitative estimate of drug-likeness (QED) is 0.768. The molecule has 1 unspecified atom stereocenters. The van der Waals surface area contributed by atoms with Gasteiger partial charge in [0.15, 0.2) is 0 Å². The van der Waals surface area contributed by atoms with E-state index in [9.17, 15) is 0 Å². The van der Waals surface area contributed by atoms with Crippen molar-refractivity contribution in [3.05, 3.63) is 30.3 Å². The standard InChI is InChI=1S/C12H18N2/c1-10(2)12-13-8-9-14(12)11-6-4-3-5-7-11/h3-7,10,12-13H,8-9H2,1-2H3. The third-order valence-corrected chi connectivity index (χ3v) is 2.76. The van der Waals surface area contributed by atoms with Crippen LogP contribution < -0.4 is 10.2 Å². The van der Waals surface area contributed by atoms with E-state index < -0.39 is 0 Å². The molecular weight excluding hydrogens is 172 g/mol. The molecule has 0 radical (unpaired) electrons. The second kappa shape index (κ2) is 4.01. The lowest BCUT2D eigenvalue weighted by molar-refractivity contribution is 0.453. The van der Waals surface area contributed by atoms with E-state index in [1.54, 1.807) is 0 Å². The summed E-state index contributed by atoms with van der Waals surface area (Å²) >= 11 is 0. The van der Waals surface area contributed by atoms with Crippen LogP contribution in [0.25, 0.3) is 0 Å². The molecule has 1 aliphatic heterocycles. The Morgan fingerprint density at radius 3 is 2.64 bits per heavy atom. The number of para-hydroxylation sites is 1. The Kier molecular flexibility index (Phi) is 2.73. The Labute approximate surface area is 85.9 Å². The number of hydrogen-bond donors (Lipinski definition) is 1. The summed E-state index contributed by atoms with van der Waals surface area (Å²) < 4.78 is 0. The highest BCUT2D eigenvalue weighted by atomic mass is 15.3. The van der Waals surface area contributed by atoms with Gasteiger partial charge in [-0.1, -0.05) is 32.0 Å². The van der Waals surface area contributed by atoms with Gasteiger partial charge in [-0.25, -0.2) is 0 Å². The van der Waals surface area contributed by atoms with E-state index in [-0.39, 0.29) is 0 Å². The van der Waals surface area contributed by atoms with Crippen molar-refractivity contribution in [2.24, 2.45) is 5.92 Å². The fraction of sp³-hybridized carbons (Fsp3) is 0.500. The van der Waals surface area contributed by atoms with Crippen LogP contribution in [0.15, 0.2) is 30.3 Å². The van der Waals surface area contributed by atoms with E-state index in [0.29, 0.717) is 12.1 Å². The zero-order chi connectivity index (χ0) is 9.97. The average Bonchev–Trinajstić information content (AvgIpc) is 2.67. The van der Waals surface area contributed by atoms with Crippen molar-refractivity contribution in [3.63, 3.8) is 0 Å². The molecule has 1 aliphatic rings. The highest BCUT2D eigenvalue weighted by Gasteiger charge is 2.26. The molecule has 1 N–H and O–H groups in total. The van der Waals surface area contributed by atoms with Gasteiger partial charge < -0.3 is 4.90 Å². The van der Waals surface area contributed by atoms with Gasteiger partial charge in [0, 0.05) is 18.8 Å². The minimum absolute atomic E-state index is 0.498. The Morgan fingerprint density at radius 2 is 2.00 bits per heavy atom. The van der Waals surface area contributed by atoms with Crippen LogP contribution in [0.3, 0.4) is 0 Å². The van der Waals surface area contributed by atoms with Gasteiger partial charge in [-0.3, -0.25) is 5.32 Å². The molecule has 0 saturated carbocycles. The van der Waals surface area contributed by atoms with E-state index in [1.807, 2.05) is 0 Å². The first-order valence-electron chi connectivity index (χ1n) is 5.34.